The van der Waals surface area contributed by atoms with Crippen LogP contribution in [0.5, 0.6) is 0 Å². The van der Waals surface area contributed by atoms with E-state index in [9.17, 15) is 4.79 Å². The third-order valence-corrected chi connectivity index (χ3v) is 6.62. The molecule has 5 heterocycles. The van der Waals surface area contributed by atoms with Gasteiger partial charge in [-0.15, -0.1) is 0 Å². The lowest BCUT2D eigenvalue weighted by atomic mass is 9.73. The van der Waals surface area contributed by atoms with E-state index >= 15 is 0 Å². The Hall–Kier alpha value is -2.47. The molecule has 0 radical (unpaired) electrons. The minimum atomic E-state index is -0.101. The van der Waals surface area contributed by atoms with Gasteiger partial charge in [0.2, 0.25) is 0 Å². The molecule has 2 aromatic heterocycles. The minimum Gasteiger partial charge on any atom is -0.369 e. The second-order valence-electron chi connectivity index (χ2n) is 8.48. The van der Waals surface area contributed by atoms with E-state index in [1.54, 1.807) is 6.07 Å². The fraction of sp³-hybridized carbons (Fsp3) is 0.500. The summed E-state index contributed by atoms with van der Waals surface area (Å²) in [7, 11) is 0. The maximum atomic E-state index is 12.5. The van der Waals surface area contributed by atoms with Gasteiger partial charge in [0, 0.05) is 43.4 Å². The second-order valence-corrected chi connectivity index (χ2v) is 8.48. The third-order valence-electron chi connectivity index (χ3n) is 6.62. The van der Waals surface area contributed by atoms with Crippen LogP contribution in [0.1, 0.15) is 34.6 Å². The lowest BCUT2D eigenvalue weighted by molar-refractivity contribution is 0.0141. The van der Waals surface area contributed by atoms with E-state index in [2.05, 4.69) is 39.2 Å². The molecule has 146 valence electrons. The first kappa shape index (κ1) is 17.6. The Kier molecular flexibility index (Phi) is 4.12. The Balaban J connectivity index is 1.29. The predicted octanol–water partition coefficient (Wildman–Crippen LogP) is 2.51. The number of hydrogen-bond donors (Lipinski definition) is 1. The number of rotatable bonds is 4. The molecule has 3 aliphatic heterocycles. The Morgan fingerprint density at radius 2 is 2.21 bits per heavy atom. The first-order valence-corrected chi connectivity index (χ1v) is 10.1. The minimum absolute atomic E-state index is 0.0752. The number of hydrogen-bond acceptors (Lipinski definition) is 5. The van der Waals surface area contributed by atoms with Gasteiger partial charge < -0.3 is 15.0 Å². The van der Waals surface area contributed by atoms with Crippen molar-refractivity contribution in [2.45, 2.75) is 38.4 Å². The zero-order valence-corrected chi connectivity index (χ0v) is 16.4. The number of anilines is 1. The summed E-state index contributed by atoms with van der Waals surface area (Å²) in [5, 5.41) is 3.11. The van der Waals surface area contributed by atoms with Crippen LogP contribution in [-0.4, -0.2) is 47.2 Å². The fourth-order valence-corrected chi connectivity index (χ4v) is 5.26. The van der Waals surface area contributed by atoms with Gasteiger partial charge in [-0.25, -0.2) is 9.97 Å². The summed E-state index contributed by atoms with van der Waals surface area (Å²) < 4.78 is 6.49. The van der Waals surface area contributed by atoms with Crippen LogP contribution in [0.2, 0.25) is 0 Å². The van der Waals surface area contributed by atoms with E-state index in [-0.39, 0.29) is 17.6 Å². The third kappa shape index (κ3) is 2.87. The Morgan fingerprint density at radius 1 is 1.32 bits per heavy atom. The van der Waals surface area contributed by atoms with E-state index in [0.29, 0.717) is 24.1 Å². The number of amides is 1. The smallest absolute Gasteiger partial charge is 0.269 e. The normalized spacial score (nSPS) is 30.5. The first-order chi connectivity index (χ1) is 13.5. The molecule has 28 heavy (non-hydrogen) atoms. The standard InChI is InChI=1S/C22H26N4O2/c1-14-6-7-20(23-10-14)26-12-17-16(19-8-9-22(17,13-26)28-19)11-24-21(27)18-5-3-4-15(2)25-18/h3-7,10,16-17,19H,8-9,11-13H2,1-2H3,(H,24,27)/t16-,17+,19+,22+/m0/s1. The van der Waals surface area contributed by atoms with Crippen LogP contribution in [0.15, 0.2) is 36.5 Å². The molecule has 0 aromatic carbocycles. The molecule has 1 N–H and O–H groups in total. The molecule has 3 aliphatic rings. The topological polar surface area (TPSA) is 67.4 Å². The average Bonchev–Trinajstić information content (AvgIpc) is 3.35. The van der Waals surface area contributed by atoms with Crippen molar-refractivity contribution in [1.82, 2.24) is 15.3 Å². The number of pyridine rings is 2. The van der Waals surface area contributed by atoms with Crippen molar-refractivity contribution in [3.05, 3.63) is 53.5 Å². The quantitative estimate of drug-likeness (QED) is 0.885. The molecule has 5 rings (SSSR count). The van der Waals surface area contributed by atoms with E-state index < -0.39 is 0 Å². The molecule has 2 aromatic rings. The highest BCUT2D eigenvalue weighted by Gasteiger charge is 2.63. The van der Waals surface area contributed by atoms with Crippen molar-refractivity contribution in [3.63, 3.8) is 0 Å². The van der Waals surface area contributed by atoms with Gasteiger partial charge in [0.1, 0.15) is 11.5 Å². The van der Waals surface area contributed by atoms with Crippen molar-refractivity contribution in [2.75, 3.05) is 24.5 Å². The molecule has 6 heteroatoms. The number of ether oxygens (including phenoxy) is 1. The molecule has 0 unspecified atom stereocenters. The molecule has 1 spiro atoms. The molecule has 4 atom stereocenters. The number of fused-ring (bicyclic) bond motifs is 1. The molecular weight excluding hydrogens is 352 g/mol. The summed E-state index contributed by atoms with van der Waals surface area (Å²) in [6, 6.07) is 9.74. The molecule has 1 amide bonds. The van der Waals surface area contributed by atoms with Crippen LogP contribution in [0.25, 0.3) is 0 Å². The first-order valence-electron chi connectivity index (χ1n) is 10.1. The summed E-state index contributed by atoms with van der Waals surface area (Å²) in [6.45, 7) is 6.43. The number of carbonyl (C=O) groups is 1. The lowest BCUT2D eigenvalue weighted by Gasteiger charge is -2.29. The summed E-state index contributed by atoms with van der Waals surface area (Å²) >= 11 is 0. The molecule has 0 saturated carbocycles. The Bertz CT molecular complexity index is 900. The summed E-state index contributed by atoms with van der Waals surface area (Å²) in [4.78, 5) is 23.8. The van der Waals surface area contributed by atoms with Crippen molar-refractivity contribution in [1.29, 1.82) is 0 Å². The SMILES string of the molecule is Cc1ccc(N2C[C@@H]3[C@H](CNC(=O)c4cccc(C)n4)[C@H]4CC[C@]3(C2)O4)nc1. The molecule has 3 fully saturated rings. The number of aromatic nitrogens is 2. The van der Waals surface area contributed by atoms with Gasteiger partial charge in [-0.3, -0.25) is 4.79 Å². The Morgan fingerprint density at radius 3 is 3.00 bits per heavy atom. The van der Waals surface area contributed by atoms with Crippen LogP contribution in [0.4, 0.5) is 5.82 Å². The predicted molar refractivity (Wildman–Crippen MR) is 106 cm³/mol. The van der Waals surface area contributed by atoms with Crippen LogP contribution < -0.4 is 10.2 Å². The van der Waals surface area contributed by atoms with E-state index in [0.717, 1.165) is 37.4 Å². The highest BCUT2D eigenvalue weighted by Crippen LogP contribution is 2.55. The van der Waals surface area contributed by atoms with Gasteiger partial charge in [-0.05, 0) is 50.5 Å². The van der Waals surface area contributed by atoms with Gasteiger partial charge in [-0.1, -0.05) is 12.1 Å². The van der Waals surface area contributed by atoms with Crippen molar-refractivity contribution in [3.8, 4) is 0 Å². The lowest BCUT2D eigenvalue weighted by Crippen LogP contribution is -2.42. The highest BCUT2D eigenvalue weighted by molar-refractivity contribution is 5.92. The maximum absolute atomic E-state index is 12.5. The van der Waals surface area contributed by atoms with Gasteiger partial charge in [0.05, 0.1) is 11.7 Å². The molecule has 6 nitrogen and oxygen atoms in total. The molecular formula is C22H26N4O2. The zero-order chi connectivity index (χ0) is 19.3. The number of nitrogens with one attached hydrogen (secondary N) is 1. The van der Waals surface area contributed by atoms with Gasteiger partial charge in [-0.2, -0.15) is 0 Å². The second kappa shape index (κ2) is 6.55. The van der Waals surface area contributed by atoms with Crippen LogP contribution >= 0.6 is 0 Å². The van der Waals surface area contributed by atoms with Crippen LogP contribution in [0.3, 0.4) is 0 Å². The van der Waals surface area contributed by atoms with Crippen LogP contribution in [0, 0.1) is 25.7 Å². The van der Waals surface area contributed by atoms with Crippen molar-refractivity contribution >= 4 is 11.7 Å². The van der Waals surface area contributed by atoms with Crippen molar-refractivity contribution < 1.29 is 9.53 Å². The Labute approximate surface area is 165 Å². The van der Waals surface area contributed by atoms with Gasteiger partial charge >= 0.3 is 0 Å². The zero-order valence-electron chi connectivity index (χ0n) is 16.4. The largest absolute Gasteiger partial charge is 0.369 e. The van der Waals surface area contributed by atoms with E-state index in [1.807, 2.05) is 25.3 Å². The number of carbonyl (C=O) groups excluding carboxylic acids is 1. The number of aryl methyl sites for hydroxylation is 2. The summed E-state index contributed by atoms with van der Waals surface area (Å²) in [6.07, 6.45) is 4.36. The molecule has 2 bridgehead atoms. The van der Waals surface area contributed by atoms with E-state index in [4.69, 9.17) is 4.74 Å². The number of nitrogens with zero attached hydrogens (tertiary/aromatic N) is 3. The van der Waals surface area contributed by atoms with E-state index in [1.165, 1.54) is 5.56 Å². The summed E-state index contributed by atoms with van der Waals surface area (Å²) in [5.41, 5.74) is 2.43. The average molecular weight is 378 g/mol. The monoisotopic (exact) mass is 378 g/mol. The van der Waals surface area contributed by atoms with Crippen molar-refractivity contribution in [2.24, 2.45) is 11.8 Å². The van der Waals surface area contributed by atoms with Crippen LogP contribution in [-0.2, 0) is 4.74 Å². The maximum Gasteiger partial charge on any atom is 0.269 e. The summed E-state index contributed by atoms with van der Waals surface area (Å²) in [5.74, 6) is 1.70. The highest BCUT2D eigenvalue weighted by atomic mass is 16.5. The fourth-order valence-electron chi connectivity index (χ4n) is 5.26. The van der Waals surface area contributed by atoms with Gasteiger partial charge in [0.25, 0.3) is 5.91 Å². The molecule has 3 saturated heterocycles. The molecule has 0 aliphatic carbocycles. The van der Waals surface area contributed by atoms with Gasteiger partial charge in [0.15, 0.2) is 0 Å².